The Bertz CT molecular complexity index is 719. The first-order valence-electron chi connectivity index (χ1n) is 6.56. The van der Waals surface area contributed by atoms with Gasteiger partial charge in [-0.3, -0.25) is 4.79 Å². The van der Waals surface area contributed by atoms with Gasteiger partial charge in [-0.1, -0.05) is 18.2 Å². The van der Waals surface area contributed by atoms with Crippen LogP contribution in [0.15, 0.2) is 40.9 Å². The molecule has 1 amide bonds. The van der Waals surface area contributed by atoms with Gasteiger partial charge in [0.2, 0.25) is 0 Å². The highest BCUT2D eigenvalue weighted by molar-refractivity contribution is 9.10. The fourth-order valence-electron chi connectivity index (χ4n) is 2.45. The Hall–Kier alpha value is -1.39. The van der Waals surface area contributed by atoms with Crippen LogP contribution in [-0.2, 0) is 6.42 Å². The van der Waals surface area contributed by atoms with Crippen molar-refractivity contribution in [1.29, 1.82) is 0 Å². The van der Waals surface area contributed by atoms with Crippen molar-refractivity contribution in [3.8, 4) is 0 Å². The van der Waals surface area contributed by atoms with E-state index in [-0.39, 0.29) is 11.7 Å². The fourth-order valence-corrected chi connectivity index (χ4v) is 3.12. The molecule has 1 unspecified atom stereocenters. The lowest BCUT2D eigenvalue weighted by Crippen LogP contribution is -2.31. The molecular weight excluding hydrogens is 357 g/mol. The van der Waals surface area contributed by atoms with Crippen molar-refractivity contribution in [3.63, 3.8) is 0 Å². The van der Waals surface area contributed by atoms with Crippen LogP contribution in [0.25, 0.3) is 0 Å². The molecule has 0 spiro atoms. The minimum atomic E-state index is -0.429. The van der Waals surface area contributed by atoms with Gasteiger partial charge in [0.05, 0.1) is 9.85 Å². The van der Waals surface area contributed by atoms with Gasteiger partial charge in [0, 0.05) is 12.1 Å². The van der Waals surface area contributed by atoms with E-state index in [4.69, 9.17) is 11.6 Å². The second-order valence-corrected chi connectivity index (χ2v) is 6.25. The molecule has 108 valence electrons. The maximum absolute atomic E-state index is 13.3. The third kappa shape index (κ3) is 2.83. The number of fused-ring (bicyclic) bond motifs is 1. The van der Waals surface area contributed by atoms with E-state index < -0.39 is 5.38 Å². The van der Waals surface area contributed by atoms with Crippen LogP contribution >= 0.6 is 27.5 Å². The van der Waals surface area contributed by atoms with Crippen LogP contribution in [0.4, 0.5) is 4.39 Å². The number of hydrogen-bond acceptors (Lipinski definition) is 1. The van der Waals surface area contributed by atoms with Crippen LogP contribution in [0.5, 0.6) is 0 Å². The molecule has 0 radical (unpaired) electrons. The van der Waals surface area contributed by atoms with Gasteiger partial charge in [-0.2, -0.15) is 0 Å². The predicted octanol–water partition coefficient (Wildman–Crippen LogP) is 4.20. The zero-order valence-electron chi connectivity index (χ0n) is 11.0. The zero-order chi connectivity index (χ0) is 15.0. The van der Waals surface area contributed by atoms with Gasteiger partial charge in [0.1, 0.15) is 5.82 Å². The van der Waals surface area contributed by atoms with Gasteiger partial charge in [-0.15, -0.1) is 11.6 Å². The minimum Gasteiger partial charge on any atom is -0.352 e. The van der Waals surface area contributed by atoms with Crippen molar-refractivity contribution in [2.24, 2.45) is 0 Å². The summed E-state index contributed by atoms with van der Waals surface area (Å²) in [6.45, 7) is 0.667. The molecule has 3 rings (SSSR count). The third-order valence-electron chi connectivity index (χ3n) is 3.59. The van der Waals surface area contributed by atoms with Crippen LogP contribution in [-0.4, -0.2) is 12.5 Å². The standard InChI is InChI=1S/C16H12BrClFNO/c17-13-8-11(3-4-14(13)19)15(18)10-2-1-9-5-6-20-16(21)12(9)7-10/h1-4,7-8,15H,5-6H2,(H,20,21). The molecule has 0 fully saturated rings. The molecule has 1 aliphatic heterocycles. The number of carbonyl (C=O) groups is 1. The van der Waals surface area contributed by atoms with Crippen molar-refractivity contribution in [3.05, 3.63) is 68.9 Å². The van der Waals surface area contributed by atoms with E-state index in [1.165, 1.54) is 6.07 Å². The van der Waals surface area contributed by atoms with Gasteiger partial charge in [-0.05, 0) is 57.2 Å². The minimum absolute atomic E-state index is 0.0674. The Morgan fingerprint density at radius 3 is 2.67 bits per heavy atom. The predicted molar refractivity (Wildman–Crippen MR) is 84.3 cm³/mol. The number of carbonyl (C=O) groups excluding carboxylic acids is 1. The molecule has 5 heteroatoms. The largest absolute Gasteiger partial charge is 0.352 e. The number of rotatable bonds is 2. The van der Waals surface area contributed by atoms with E-state index >= 15 is 0 Å². The van der Waals surface area contributed by atoms with Crippen LogP contribution in [0.3, 0.4) is 0 Å². The van der Waals surface area contributed by atoms with E-state index in [0.29, 0.717) is 16.6 Å². The monoisotopic (exact) mass is 367 g/mol. The second-order valence-electron chi connectivity index (χ2n) is 4.96. The highest BCUT2D eigenvalue weighted by atomic mass is 79.9. The van der Waals surface area contributed by atoms with Crippen molar-refractivity contribution < 1.29 is 9.18 Å². The van der Waals surface area contributed by atoms with Crippen LogP contribution in [0.1, 0.15) is 32.4 Å². The van der Waals surface area contributed by atoms with E-state index in [1.807, 2.05) is 18.2 Å². The average Bonchev–Trinajstić information content (AvgIpc) is 2.49. The first-order valence-corrected chi connectivity index (χ1v) is 7.79. The van der Waals surface area contributed by atoms with Gasteiger partial charge in [-0.25, -0.2) is 4.39 Å². The van der Waals surface area contributed by atoms with Crippen LogP contribution < -0.4 is 5.32 Å². The summed E-state index contributed by atoms with van der Waals surface area (Å²) in [5, 5.41) is 2.39. The summed E-state index contributed by atoms with van der Waals surface area (Å²) in [5.74, 6) is -0.394. The lowest BCUT2D eigenvalue weighted by molar-refractivity contribution is 0.0946. The highest BCUT2D eigenvalue weighted by Crippen LogP contribution is 2.32. The van der Waals surface area contributed by atoms with Crippen molar-refractivity contribution in [1.82, 2.24) is 5.32 Å². The second kappa shape index (κ2) is 5.78. The number of amides is 1. The number of nitrogens with one attached hydrogen (secondary N) is 1. The Labute approximate surface area is 135 Å². The van der Waals surface area contributed by atoms with Crippen molar-refractivity contribution in [2.75, 3.05) is 6.54 Å². The Balaban J connectivity index is 1.98. The van der Waals surface area contributed by atoms with Crippen molar-refractivity contribution in [2.45, 2.75) is 11.8 Å². The normalized spacial score (nSPS) is 15.3. The first kappa shape index (κ1) is 14.5. The molecule has 1 N–H and O–H groups in total. The molecule has 2 aromatic rings. The molecule has 1 heterocycles. The Kier molecular flexibility index (Phi) is 4.00. The molecule has 1 atom stereocenters. The highest BCUT2D eigenvalue weighted by Gasteiger charge is 2.20. The van der Waals surface area contributed by atoms with Gasteiger partial charge < -0.3 is 5.32 Å². The van der Waals surface area contributed by atoms with Gasteiger partial charge in [0.15, 0.2) is 0 Å². The summed E-state index contributed by atoms with van der Waals surface area (Å²) in [7, 11) is 0. The lowest BCUT2D eigenvalue weighted by atomic mass is 9.95. The molecule has 21 heavy (non-hydrogen) atoms. The lowest BCUT2D eigenvalue weighted by Gasteiger charge is -2.19. The third-order valence-corrected chi connectivity index (χ3v) is 4.70. The molecule has 0 bridgehead atoms. The smallest absolute Gasteiger partial charge is 0.251 e. The molecule has 2 aromatic carbocycles. The van der Waals surface area contributed by atoms with E-state index in [1.54, 1.807) is 12.1 Å². The maximum atomic E-state index is 13.3. The first-order chi connectivity index (χ1) is 10.1. The summed E-state index contributed by atoms with van der Waals surface area (Å²) >= 11 is 9.63. The average molecular weight is 369 g/mol. The van der Waals surface area contributed by atoms with Crippen LogP contribution in [0, 0.1) is 5.82 Å². The summed E-state index contributed by atoms with van der Waals surface area (Å²) in [6, 6.07) is 10.4. The summed E-state index contributed by atoms with van der Waals surface area (Å²) in [6.07, 6.45) is 0.830. The molecule has 0 saturated carbocycles. The molecule has 0 aliphatic carbocycles. The van der Waals surface area contributed by atoms with E-state index in [2.05, 4.69) is 21.2 Å². The molecule has 0 aromatic heterocycles. The molecule has 0 saturated heterocycles. The summed E-state index contributed by atoms with van der Waals surface area (Å²) in [4.78, 5) is 11.9. The SMILES string of the molecule is O=C1NCCc2ccc(C(Cl)c3ccc(F)c(Br)c3)cc21. The number of halogens is 3. The molecule has 2 nitrogen and oxygen atoms in total. The van der Waals surface area contributed by atoms with Gasteiger partial charge >= 0.3 is 0 Å². The molecular formula is C16H12BrClFNO. The van der Waals surface area contributed by atoms with Gasteiger partial charge in [0.25, 0.3) is 5.91 Å². The fraction of sp³-hybridized carbons (Fsp3) is 0.188. The number of alkyl halides is 1. The Morgan fingerprint density at radius 2 is 1.90 bits per heavy atom. The number of benzene rings is 2. The van der Waals surface area contributed by atoms with Crippen LogP contribution in [0.2, 0.25) is 0 Å². The summed E-state index contributed by atoms with van der Waals surface area (Å²) in [5.41, 5.74) is 3.31. The Morgan fingerprint density at radius 1 is 1.19 bits per heavy atom. The van der Waals surface area contributed by atoms with E-state index in [0.717, 1.165) is 23.1 Å². The van der Waals surface area contributed by atoms with E-state index in [9.17, 15) is 9.18 Å². The summed E-state index contributed by atoms with van der Waals surface area (Å²) < 4.78 is 13.7. The van der Waals surface area contributed by atoms with Crippen molar-refractivity contribution >= 4 is 33.4 Å². The topological polar surface area (TPSA) is 29.1 Å². The molecule has 1 aliphatic rings. The quantitative estimate of drug-likeness (QED) is 0.791. The number of hydrogen-bond donors (Lipinski definition) is 1. The maximum Gasteiger partial charge on any atom is 0.251 e. The zero-order valence-corrected chi connectivity index (χ0v) is 13.3.